The normalized spacial score (nSPS) is 21.6. The molecule has 192 valence electrons. The van der Waals surface area contributed by atoms with E-state index < -0.39 is 16.4 Å². The summed E-state index contributed by atoms with van der Waals surface area (Å²) in [5.41, 5.74) is 8.66. The molecule has 13 heteroatoms. The van der Waals surface area contributed by atoms with Gasteiger partial charge in [0.2, 0.25) is 5.91 Å². The minimum absolute atomic E-state index is 0.00655. The topological polar surface area (TPSA) is 162 Å². The van der Waals surface area contributed by atoms with Crippen molar-refractivity contribution < 1.29 is 18.3 Å². The number of fused-ring (bicyclic) bond motifs is 3. The van der Waals surface area contributed by atoms with Gasteiger partial charge >= 0.3 is 0 Å². The lowest BCUT2D eigenvalue weighted by Gasteiger charge is -2.39. The van der Waals surface area contributed by atoms with Gasteiger partial charge in [-0.2, -0.15) is 14.7 Å². The van der Waals surface area contributed by atoms with E-state index in [-0.39, 0.29) is 34.6 Å². The quantitative estimate of drug-likeness (QED) is 0.392. The molecule has 2 aliphatic heterocycles. The number of piperidine rings is 1. The molecule has 1 amide bonds. The van der Waals surface area contributed by atoms with E-state index in [9.17, 15) is 18.3 Å². The number of nitrogens with zero attached hydrogens (tertiary/aromatic N) is 7. The Morgan fingerprint density at radius 2 is 1.92 bits per heavy atom. The second-order valence-corrected chi connectivity index (χ2v) is 11.6. The van der Waals surface area contributed by atoms with E-state index >= 15 is 0 Å². The van der Waals surface area contributed by atoms with Crippen molar-refractivity contribution in [3.63, 3.8) is 0 Å². The first-order valence-electron chi connectivity index (χ1n) is 12.0. The van der Waals surface area contributed by atoms with Gasteiger partial charge in [0.25, 0.3) is 0 Å². The smallest absolute Gasteiger partial charge is 0.248 e. The molecular weight excluding hydrogens is 496 g/mol. The molecule has 2 fully saturated rings. The molecule has 0 radical (unpaired) electrons. The Morgan fingerprint density at radius 1 is 1.16 bits per heavy atom. The number of hydrogen-bond donors (Lipinski definition) is 2. The van der Waals surface area contributed by atoms with E-state index in [2.05, 4.69) is 15.2 Å². The Kier molecular flexibility index (Phi) is 5.49. The molecule has 37 heavy (non-hydrogen) atoms. The van der Waals surface area contributed by atoms with E-state index in [4.69, 9.17) is 10.7 Å². The maximum absolute atomic E-state index is 12.9. The maximum Gasteiger partial charge on any atom is 0.248 e. The fourth-order valence-electron chi connectivity index (χ4n) is 5.84. The number of sulfone groups is 1. The van der Waals surface area contributed by atoms with Gasteiger partial charge in [0.1, 0.15) is 17.3 Å². The summed E-state index contributed by atoms with van der Waals surface area (Å²) in [6, 6.07) is 5.38. The third kappa shape index (κ3) is 3.85. The summed E-state index contributed by atoms with van der Waals surface area (Å²) in [6.45, 7) is -0.533. The lowest BCUT2D eigenvalue weighted by molar-refractivity contribution is -0.138. The Labute approximate surface area is 212 Å². The van der Waals surface area contributed by atoms with Gasteiger partial charge in [-0.25, -0.2) is 23.1 Å². The van der Waals surface area contributed by atoms with Crippen LogP contribution >= 0.6 is 0 Å². The van der Waals surface area contributed by atoms with Crippen LogP contribution in [0.4, 0.5) is 5.82 Å². The zero-order valence-electron chi connectivity index (χ0n) is 20.1. The van der Waals surface area contributed by atoms with E-state index in [1.165, 1.54) is 4.52 Å². The van der Waals surface area contributed by atoms with Crippen LogP contribution < -0.4 is 5.73 Å². The van der Waals surface area contributed by atoms with Gasteiger partial charge in [0, 0.05) is 47.8 Å². The van der Waals surface area contributed by atoms with E-state index in [0.29, 0.717) is 35.6 Å². The zero-order chi connectivity index (χ0) is 25.9. The molecule has 4 aromatic rings. The molecule has 2 aliphatic rings. The highest BCUT2D eigenvalue weighted by atomic mass is 32.2. The van der Waals surface area contributed by atoms with Crippen LogP contribution in [0.2, 0.25) is 0 Å². The number of anilines is 1. The summed E-state index contributed by atoms with van der Waals surface area (Å²) in [5, 5.41) is 18.2. The van der Waals surface area contributed by atoms with Crippen molar-refractivity contribution in [1.29, 1.82) is 0 Å². The van der Waals surface area contributed by atoms with Crippen LogP contribution in [-0.2, 0) is 14.6 Å². The van der Waals surface area contributed by atoms with Crippen molar-refractivity contribution in [2.24, 2.45) is 0 Å². The second kappa shape index (κ2) is 8.63. The van der Waals surface area contributed by atoms with Gasteiger partial charge in [-0.1, -0.05) is 6.07 Å². The minimum atomic E-state index is -3.73. The highest BCUT2D eigenvalue weighted by Crippen LogP contribution is 2.45. The monoisotopic (exact) mass is 522 g/mol. The molecule has 2 unspecified atom stereocenters. The molecule has 6 rings (SSSR count). The molecule has 12 nitrogen and oxygen atoms in total. The molecule has 6 heterocycles. The molecule has 0 saturated carbocycles. The molecule has 2 atom stereocenters. The largest absolute Gasteiger partial charge is 0.387 e. The number of nitrogens with two attached hydrogens (primary N) is 1. The highest BCUT2D eigenvalue weighted by molar-refractivity contribution is 7.91. The lowest BCUT2D eigenvalue weighted by Crippen LogP contribution is -2.47. The van der Waals surface area contributed by atoms with Crippen LogP contribution in [0.3, 0.4) is 0 Å². The number of amides is 1. The third-order valence-electron chi connectivity index (χ3n) is 7.36. The van der Waals surface area contributed by atoms with E-state index in [1.54, 1.807) is 34.4 Å². The van der Waals surface area contributed by atoms with Gasteiger partial charge in [-0.15, -0.1) is 0 Å². The fourth-order valence-corrected chi connectivity index (χ4v) is 6.90. The van der Waals surface area contributed by atoms with Crippen LogP contribution in [0.25, 0.3) is 22.6 Å². The first kappa shape index (κ1) is 23.6. The van der Waals surface area contributed by atoms with Crippen LogP contribution in [0.1, 0.15) is 37.3 Å². The summed E-state index contributed by atoms with van der Waals surface area (Å²) >= 11 is 0. The maximum atomic E-state index is 12.9. The summed E-state index contributed by atoms with van der Waals surface area (Å²) in [4.78, 5) is 23.2. The molecular formula is C24H26N8O4S. The molecule has 0 aromatic carbocycles. The number of carbonyl (C=O) groups excluding carboxylic acids is 1. The summed E-state index contributed by atoms with van der Waals surface area (Å²) < 4.78 is 28.8. The van der Waals surface area contributed by atoms with E-state index in [0.717, 1.165) is 24.7 Å². The van der Waals surface area contributed by atoms with Crippen molar-refractivity contribution in [2.45, 2.75) is 48.6 Å². The number of rotatable bonds is 5. The van der Waals surface area contributed by atoms with Crippen molar-refractivity contribution in [1.82, 2.24) is 34.3 Å². The van der Waals surface area contributed by atoms with Crippen LogP contribution in [0.15, 0.2) is 47.9 Å². The molecule has 3 N–H and O–H groups in total. The summed E-state index contributed by atoms with van der Waals surface area (Å²) in [7, 11) is -3.73. The average Bonchev–Trinajstić information content (AvgIpc) is 3.59. The van der Waals surface area contributed by atoms with E-state index in [1.807, 2.05) is 18.2 Å². The zero-order valence-corrected chi connectivity index (χ0v) is 20.9. The number of pyridine rings is 1. The summed E-state index contributed by atoms with van der Waals surface area (Å²) in [5.74, 6) is 0.154. The minimum Gasteiger partial charge on any atom is -0.387 e. The average molecular weight is 523 g/mol. The van der Waals surface area contributed by atoms with Gasteiger partial charge < -0.3 is 15.7 Å². The Hall–Kier alpha value is -3.84. The first-order valence-corrected chi connectivity index (χ1v) is 13.9. The lowest BCUT2D eigenvalue weighted by atomic mass is 9.87. The van der Waals surface area contributed by atoms with Crippen molar-refractivity contribution in [3.8, 4) is 16.9 Å². The molecule has 0 spiro atoms. The number of aliphatic hydroxyl groups is 1. The van der Waals surface area contributed by atoms with Crippen LogP contribution in [-0.4, -0.2) is 78.6 Å². The van der Waals surface area contributed by atoms with Gasteiger partial charge in [0.05, 0.1) is 18.1 Å². The molecule has 0 aliphatic carbocycles. The Morgan fingerprint density at radius 3 is 2.57 bits per heavy atom. The number of carbonyl (C=O) groups is 1. The number of aliphatic hydroxyl groups excluding tert-OH is 1. The van der Waals surface area contributed by atoms with Crippen molar-refractivity contribution >= 4 is 27.2 Å². The second-order valence-electron chi connectivity index (χ2n) is 9.65. The number of aromatic nitrogens is 6. The first-order chi connectivity index (χ1) is 17.8. The Bertz CT molecular complexity index is 1600. The Balaban J connectivity index is 1.46. The highest BCUT2D eigenvalue weighted by Gasteiger charge is 2.45. The fraction of sp³-hybridized carbons (Fsp3) is 0.375. The van der Waals surface area contributed by atoms with Crippen LogP contribution in [0.5, 0.6) is 0 Å². The SMILES string of the molecule is CS(=O)(=O)c1c(C2CC3CCC(C2)N3C(=O)CO)nc2c(-c3cnn(-c4ccccn4)c3)cnn2c1N. The van der Waals surface area contributed by atoms with Crippen molar-refractivity contribution in [2.75, 3.05) is 18.6 Å². The van der Waals surface area contributed by atoms with Crippen molar-refractivity contribution in [3.05, 3.63) is 48.7 Å². The number of nitrogen functional groups attached to an aromatic ring is 1. The predicted molar refractivity (Wildman–Crippen MR) is 134 cm³/mol. The van der Waals surface area contributed by atoms with Gasteiger partial charge in [-0.05, 0) is 37.8 Å². The standard InChI is InChI=1S/C24H26N8O4S/c1-37(35,36)22-21(14-8-16-5-6-17(9-14)31(16)20(34)13-33)29-24-18(11-28-32(24)23(22)25)15-10-27-30(12-15)19-4-2-3-7-26-19/h2-4,7,10-12,14,16-17,33H,5-6,8-9,13,25H2,1H3. The predicted octanol–water partition coefficient (Wildman–Crippen LogP) is 1.19. The molecule has 4 aromatic heterocycles. The van der Waals surface area contributed by atoms with Crippen LogP contribution in [0, 0.1) is 0 Å². The third-order valence-corrected chi connectivity index (χ3v) is 8.51. The van der Waals surface area contributed by atoms with Gasteiger partial charge in [-0.3, -0.25) is 4.79 Å². The molecule has 2 saturated heterocycles. The number of hydrogen-bond acceptors (Lipinski definition) is 9. The summed E-state index contributed by atoms with van der Waals surface area (Å²) in [6.07, 6.45) is 10.6. The molecule has 2 bridgehead atoms. The van der Waals surface area contributed by atoms with Gasteiger partial charge in [0.15, 0.2) is 21.3 Å².